The van der Waals surface area contributed by atoms with E-state index in [1.54, 1.807) is 6.92 Å². The van der Waals surface area contributed by atoms with Gasteiger partial charge in [0.25, 0.3) is 0 Å². The minimum atomic E-state index is 0.242. The summed E-state index contributed by atoms with van der Waals surface area (Å²) in [6.45, 7) is 12.8. The number of amides is 1. The summed E-state index contributed by atoms with van der Waals surface area (Å²) < 4.78 is 0. The van der Waals surface area contributed by atoms with Crippen molar-refractivity contribution < 1.29 is 4.79 Å². The van der Waals surface area contributed by atoms with Gasteiger partial charge in [-0.05, 0) is 32.6 Å². The Bertz CT molecular complexity index is 255. The number of rotatable bonds is 0. The lowest BCUT2D eigenvalue weighted by Gasteiger charge is -2.33. The number of fused-ring (bicyclic) bond motifs is 1. The molecule has 0 bridgehead atoms. The molecule has 2 saturated heterocycles. The maximum atomic E-state index is 11.3. The maximum Gasteiger partial charge on any atom is 0.219 e. The number of carbonyl (C=O) groups is 1. The third-order valence-electron chi connectivity index (χ3n) is 3.88. The molecular weight excluding hydrogens is 188 g/mol. The second-order valence-electron chi connectivity index (χ2n) is 6.02. The molecule has 15 heavy (non-hydrogen) atoms. The van der Waals surface area contributed by atoms with Crippen LogP contribution in [0.25, 0.3) is 0 Å². The Balaban J connectivity index is 1.96. The Kier molecular flexibility index (Phi) is 2.53. The average molecular weight is 210 g/mol. The molecule has 2 atom stereocenters. The van der Waals surface area contributed by atoms with Crippen LogP contribution in [-0.2, 0) is 4.79 Å². The molecule has 2 rings (SSSR count). The molecule has 0 radical (unpaired) electrons. The zero-order valence-corrected chi connectivity index (χ0v) is 10.3. The van der Waals surface area contributed by atoms with Crippen LogP contribution in [0.4, 0.5) is 0 Å². The molecule has 86 valence electrons. The summed E-state index contributed by atoms with van der Waals surface area (Å²) in [5, 5.41) is 0. The van der Waals surface area contributed by atoms with Crippen LogP contribution in [0.15, 0.2) is 0 Å². The van der Waals surface area contributed by atoms with E-state index in [0.29, 0.717) is 11.8 Å². The molecule has 3 nitrogen and oxygen atoms in total. The van der Waals surface area contributed by atoms with Crippen LogP contribution in [0.3, 0.4) is 0 Å². The molecule has 2 aliphatic rings. The van der Waals surface area contributed by atoms with Crippen LogP contribution in [0, 0.1) is 11.8 Å². The number of likely N-dealkylation sites (tertiary alicyclic amines) is 2. The van der Waals surface area contributed by atoms with Gasteiger partial charge >= 0.3 is 0 Å². The van der Waals surface area contributed by atoms with E-state index in [9.17, 15) is 4.79 Å². The normalized spacial score (nSPS) is 32.1. The van der Waals surface area contributed by atoms with Crippen molar-refractivity contribution in [1.29, 1.82) is 0 Å². The first-order valence-corrected chi connectivity index (χ1v) is 5.88. The fraction of sp³-hybridized carbons (Fsp3) is 0.917. The van der Waals surface area contributed by atoms with Gasteiger partial charge in [0.2, 0.25) is 5.91 Å². The molecule has 2 unspecified atom stereocenters. The summed E-state index contributed by atoms with van der Waals surface area (Å²) in [5.41, 5.74) is 0.283. The smallest absolute Gasteiger partial charge is 0.219 e. The topological polar surface area (TPSA) is 23.6 Å². The monoisotopic (exact) mass is 210 g/mol. The number of carbonyl (C=O) groups excluding carboxylic acids is 1. The molecule has 2 heterocycles. The van der Waals surface area contributed by atoms with Crippen molar-refractivity contribution >= 4 is 5.91 Å². The molecule has 0 spiro atoms. The van der Waals surface area contributed by atoms with Crippen LogP contribution in [0.1, 0.15) is 27.7 Å². The Morgan fingerprint density at radius 2 is 1.53 bits per heavy atom. The van der Waals surface area contributed by atoms with Crippen LogP contribution in [-0.4, -0.2) is 47.4 Å². The van der Waals surface area contributed by atoms with E-state index in [1.165, 1.54) is 0 Å². The molecule has 1 amide bonds. The van der Waals surface area contributed by atoms with Crippen molar-refractivity contribution in [2.75, 3.05) is 26.2 Å². The van der Waals surface area contributed by atoms with Crippen LogP contribution in [0.5, 0.6) is 0 Å². The van der Waals surface area contributed by atoms with Crippen LogP contribution in [0.2, 0.25) is 0 Å². The van der Waals surface area contributed by atoms with Gasteiger partial charge < -0.3 is 4.90 Å². The van der Waals surface area contributed by atoms with E-state index < -0.39 is 0 Å². The van der Waals surface area contributed by atoms with Crippen molar-refractivity contribution in [2.45, 2.75) is 33.2 Å². The number of hydrogen-bond donors (Lipinski definition) is 0. The zero-order chi connectivity index (χ0) is 11.2. The fourth-order valence-corrected chi connectivity index (χ4v) is 2.80. The van der Waals surface area contributed by atoms with Gasteiger partial charge in [-0.25, -0.2) is 0 Å². The first-order valence-electron chi connectivity index (χ1n) is 5.88. The minimum absolute atomic E-state index is 0.242. The lowest BCUT2D eigenvalue weighted by Crippen LogP contribution is -2.42. The highest BCUT2D eigenvalue weighted by Gasteiger charge is 2.43. The molecule has 3 heteroatoms. The van der Waals surface area contributed by atoms with E-state index in [4.69, 9.17) is 0 Å². The lowest BCUT2D eigenvalue weighted by atomic mass is 10.0. The number of nitrogens with zero attached hydrogens (tertiary/aromatic N) is 2. The Morgan fingerprint density at radius 3 is 1.87 bits per heavy atom. The standard InChI is InChI=1S/C12H22N2O/c1-9(15)13-5-10-7-14(12(2,3)4)8-11(10)6-13/h10-11H,5-8H2,1-4H3. The van der Waals surface area contributed by atoms with Crippen molar-refractivity contribution in [3.05, 3.63) is 0 Å². The Morgan fingerprint density at radius 1 is 1.07 bits per heavy atom. The van der Waals surface area contributed by atoms with Gasteiger partial charge in [-0.2, -0.15) is 0 Å². The summed E-state index contributed by atoms with van der Waals surface area (Å²) >= 11 is 0. The predicted molar refractivity (Wildman–Crippen MR) is 60.6 cm³/mol. The molecule has 2 aliphatic heterocycles. The number of hydrogen-bond acceptors (Lipinski definition) is 2. The highest BCUT2D eigenvalue weighted by molar-refractivity contribution is 5.73. The van der Waals surface area contributed by atoms with Crippen LogP contribution < -0.4 is 0 Å². The quantitative estimate of drug-likeness (QED) is 0.600. The highest BCUT2D eigenvalue weighted by atomic mass is 16.2. The summed E-state index contributed by atoms with van der Waals surface area (Å²) in [6.07, 6.45) is 0. The molecule has 0 aliphatic carbocycles. The van der Waals surface area contributed by atoms with Crippen molar-refractivity contribution in [3.63, 3.8) is 0 Å². The van der Waals surface area contributed by atoms with Gasteiger partial charge in [-0.3, -0.25) is 9.69 Å². The predicted octanol–water partition coefficient (Wildman–Crippen LogP) is 1.19. The van der Waals surface area contributed by atoms with Crippen molar-refractivity contribution in [3.8, 4) is 0 Å². The Labute approximate surface area is 92.4 Å². The van der Waals surface area contributed by atoms with Gasteiger partial charge in [0, 0.05) is 38.6 Å². The SMILES string of the molecule is CC(=O)N1CC2CN(C(C)(C)C)CC2C1. The van der Waals surface area contributed by atoms with Gasteiger partial charge in [0.05, 0.1) is 0 Å². The summed E-state index contributed by atoms with van der Waals surface area (Å²) in [6, 6.07) is 0. The molecule has 0 saturated carbocycles. The van der Waals surface area contributed by atoms with Gasteiger partial charge in [-0.15, -0.1) is 0 Å². The molecule has 0 aromatic rings. The van der Waals surface area contributed by atoms with E-state index in [-0.39, 0.29) is 11.4 Å². The van der Waals surface area contributed by atoms with E-state index >= 15 is 0 Å². The molecular formula is C12H22N2O. The third-order valence-corrected chi connectivity index (χ3v) is 3.88. The molecule has 0 N–H and O–H groups in total. The highest BCUT2D eigenvalue weighted by Crippen LogP contribution is 2.34. The molecule has 2 fully saturated rings. The minimum Gasteiger partial charge on any atom is -0.342 e. The van der Waals surface area contributed by atoms with E-state index in [1.807, 2.05) is 4.90 Å². The summed E-state index contributed by atoms with van der Waals surface area (Å²) in [7, 11) is 0. The lowest BCUT2D eigenvalue weighted by molar-refractivity contribution is -0.128. The largest absolute Gasteiger partial charge is 0.342 e. The maximum absolute atomic E-state index is 11.3. The van der Waals surface area contributed by atoms with Crippen molar-refractivity contribution in [2.24, 2.45) is 11.8 Å². The van der Waals surface area contributed by atoms with Crippen LogP contribution >= 0.6 is 0 Å². The van der Waals surface area contributed by atoms with Gasteiger partial charge in [-0.1, -0.05) is 0 Å². The second-order valence-corrected chi connectivity index (χ2v) is 6.02. The third kappa shape index (κ3) is 2.03. The molecule has 0 aromatic heterocycles. The van der Waals surface area contributed by atoms with Gasteiger partial charge in [0.1, 0.15) is 0 Å². The Hall–Kier alpha value is -0.570. The summed E-state index contributed by atoms with van der Waals surface area (Å²) in [5.74, 6) is 1.67. The van der Waals surface area contributed by atoms with Gasteiger partial charge in [0.15, 0.2) is 0 Å². The fourth-order valence-electron chi connectivity index (χ4n) is 2.80. The zero-order valence-electron chi connectivity index (χ0n) is 10.3. The van der Waals surface area contributed by atoms with Crippen molar-refractivity contribution in [1.82, 2.24) is 9.80 Å². The first kappa shape index (κ1) is 10.9. The van der Waals surface area contributed by atoms with E-state index in [0.717, 1.165) is 26.2 Å². The van der Waals surface area contributed by atoms with E-state index in [2.05, 4.69) is 25.7 Å². The second kappa shape index (κ2) is 3.48. The molecule has 0 aromatic carbocycles. The summed E-state index contributed by atoms with van der Waals surface area (Å²) in [4.78, 5) is 15.8. The average Bonchev–Trinajstić information content (AvgIpc) is 2.55. The first-order chi connectivity index (χ1) is 6.88.